The van der Waals surface area contributed by atoms with E-state index in [1.54, 1.807) is 13.8 Å². The molecule has 0 N–H and O–H groups in total. The lowest BCUT2D eigenvalue weighted by Gasteiger charge is -2.36. The summed E-state index contributed by atoms with van der Waals surface area (Å²) in [7, 11) is -2.96. The zero-order chi connectivity index (χ0) is 20.7. The van der Waals surface area contributed by atoms with Gasteiger partial charge in [-0.15, -0.1) is 0 Å². The van der Waals surface area contributed by atoms with Crippen molar-refractivity contribution in [3.05, 3.63) is 29.8 Å². The average molecular weight is 410 g/mol. The molecule has 1 heterocycles. The summed E-state index contributed by atoms with van der Waals surface area (Å²) in [6.45, 7) is 9.38. The highest BCUT2D eigenvalue weighted by atomic mass is 32.2. The van der Waals surface area contributed by atoms with E-state index in [0.29, 0.717) is 19.3 Å². The Morgan fingerprint density at radius 3 is 2.25 bits per heavy atom. The lowest BCUT2D eigenvalue weighted by atomic mass is 10.0. The molecule has 0 spiro atoms. The molecule has 0 saturated carbocycles. The van der Waals surface area contributed by atoms with Crippen LogP contribution in [0.15, 0.2) is 24.3 Å². The van der Waals surface area contributed by atoms with E-state index in [1.165, 1.54) is 5.69 Å². The van der Waals surface area contributed by atoms with Crippen LogP contribution in [0.1, 0.15) is 58.9 Å². The van der Waals surface area contributed by atoms with Crippen LogP contribution in [0.5, 0.6) is 0 Å². The van der Waals surface area contributed by atoms with E-state index in [2.05, 4.69) is 30.9 Å². The number of hydrogen-bond acceptors (Lipinski definition) is 5. The number of unbranched alkanes of at least 4 members (excludes halogenated alkanes) is 2. The van der Waals surface area contributed by atoms with Gasteiger partial charge in [0.05, 0.1) is 23.2 Å². The van der Waals surface area contributed by atoms with Crippen LogP contribution in [0.25, 0.3) is 0 Å². The number of carbonyl (C=O) groups excluding carboxylic acids is 1. The molecule has 2 rings (SSSR count). The second-order valence-electron chi connectivity index (χ2n) is 8.27. The fourth-order valence-corrected chi connectivity index (χ4v) is 4.65. The lowest BCUT2D eigenvalue weighted by molar-refractivity contribution is -0.118. The quantitative estimate of drug-likeness (QED) is 0.550. The fourth-order valence-electron chi connectivity index (χ4n) is 3.57. The van der Waals surface area contributed by atoms with Crippen LogP contribution in [0.4, 0.5) is 5.69 Å². The molecule has 2 atom stereocenters. The first-order valence-electron chi connectivity index (χ1n) is 10.4. The molecule has 1 saturated heterocycles. The van der Waals surface area contributed by atoms with E-state index in [-0.39, 0.29) is 29.0 Å². The minimum absolute atomic E-state index is 0.216. The van der Waals surface area contributed by atoms with Crippen LogP contribution in [0.3, 0.4) is 0 Å². The largest absolute Gasteiger partial charge is 0.372 e. The van der Waals surface area contributed by atoms with Crippen molar-refractivity contribution in [1.29, 1.82) is 0 Å². The summed E-state index contributed by atoms with van der Waals surface area (Å²) in [5, 5.41) is -0.319. The van der Waals surface area contributed by atoms with Crippen LogP contribution in [0, 0.1) is 0 Å². The predicted molar refractivity (Wildman–Crippen MR) is 115 cm³/mol. The second-order valence-corrected chi connectivity index (χ2v) is 10.9. The van der Waals surface area contributed by atoms with E-state index >= 15 is 0 Å². The number of morpholine rings is 1. The predicted octanol–water partition coefficient (Wildman–Crippen LogP) is 3.80. The summed E-state index contributed by atoms with van der Waals surface area (Å²) in [6, 6.07) is 8.24. The van der Waals surface area contributed by atoms with Gasteiger partial charge in [-0.25, -0.2) is 8.42 Å². The highest BCUT2D eigenvalue weighted by Crippen LogP contribution is 2.21. The Kier molecular flexibility index (Phi) is 8.50. The van der Waals surface area contributed by atoms with Gasteiger partial charge in [0.25, 0.3) is 0 Å². The van der Waals surface area contributed by atoms with Gasteiger partial charge in [0, 0.05) is 31.6 Å². The number of benzene rings is 1. The molecule has 1 aliphatic heterocycles. The average Bonchev–Trinajstić information content (AvgIpc) is 2.61. The first-order chi connectivity index (χ1) is 13.2. The normalized spacial score (nSPS) is 20.5. The third-order valence-electron chi connectivity index (χ3n) is 5.23. The number of Topliss-reactive ketones (excluding diaryl/α,β-unsaturated/α-hetero) is 1. The Labute approximate surface area is 170 Å². The van der Waals surface area contributed by atoms with Crippen LogP contribution in [-0.4, -0.2) is 50.5 Å². The van der Waals surface area contributed by atoms with E-state index in [9.17, 15) is 13.2 Å². The van der Waals surface area contributed by atoms with Gasteiger partial charge in [0.1, 0.15) is 5.78 Å². The Morgan fingerprint density at radius 1 is 1.07 bits per heavy atom. The molecule has 0 aromatic heterocycles. The number of rotatable bonds is 10. The Balaban J connectivity index is 1.72. The van der Waals surface area contributed by atoms with Crippen molar-refractivity contribution in [2.24, 2.45) is 0 Å². The van der Waals surface area contributed by atoms with Gasteiger partial charge < -0.3 is 9.64 Å². The van der Waals surface area contributed by atoms with Crippen LogP contribution in [-0.2, 0) is 25.8 Å². The maximum atomic E-state index is 12.2. The summed E-state index contributed by atoms with van der Waals surface area (Å²) < 4.78 is 29.3. The fraction of sp³-hybridized carbons (Fsp3) is 0.682. The number of ketones is 1. The molecule has 158 valence electrons. The van der Waals surface area contributed by atoms with E-state index in [1.807, 2.05) is 12.1 Å². The minimum Gasteiger partial charge on any atom is -0.372 e. The molecule has 5 nitrogen and oxygen atoms in total. The zero-order valence-corrected chi connectivity index (χ0v) is 18.5. The van der Waals surface area contributed by atoms with Crippen molar-refractivity contribution in [1.82, 2.24) is 0 Å². The van der Waals surface area contributed by atoms with Gasteiger partial charge in [-0.2, -0.15) is 0 Å². The zero-order valence-electron chi connectivity index (χ0n) is 17.7. The molecule has 0 bridgehead atoms. The van der Waals surface area contributed by atoms with E-state index < -0.39 is 9.84 Å². The summed E-state index contributed by atoms with van der Waals surface area (Å²) >= 11 is 0. The number of carbonyl (C=O) groups is 1. The molecule has 1 aromatic rings. The van der Waals surface area contributed by atoms with Crippen molar-refractivity contribution >= 4 is 21.3 Å². The molecule has 1 aliphatic rings. The van der Waals surface area contributed by atoms with Gasteiger partial charge in [0.2, 0.25) is 0 Å². The smallest absolute Gasteiger partial charge is 0.152 e. The summed E-state index contributed by atoms with van der Waals surface area (Å²) in [5.41, 5.74) is 2.20. The first-order valence-corrected chi connectivity index (χ1v) is 12.1. The van der Waals surface area contributed by atoms with Crippen molar-refractivity contribution in [2.75, 3.05) is 23.7 Å². The van der Waals surface area contributed by atoms with Crippen molar-refractivity contribution in [2.45, 2.75) is 77.3 Å². The topological polar surface area (TPSA) is 63.7 Å². The van der Waals surface area contributed by atoms with Gasteiger partial charge in [-0.1, -0.05) is 18.6 Å². The van der Waals surface area contributed by atoms with Gasteiger partial charge in [0.15, 0.2) is 9.84 Å². The molecule has 0 amide bonds. The van der Waals surface area contributed by atoms with Crippen LogP contribution < -0.4 is 4.90 Å². The molecule has 28 heavy (non-hydrogen) atoms. The molecular formula is C22H35NO4S. The van der Waals surface area contributed by atoms with Crippen molar-refractivity contribution in [3.8, 4) is 0 Å². The molecule has 1 aromatic carbocycles. The van der Waals surface area contributed by atoms with Crippen LogP contribution >= 0.6 is 0 Å². The maximum absolute atomic E-state index is 12.2. The molecular weight excluding hydrogens is 374 g/mol. The number of nitrogens with zero attached hydrogens (tertiary/aromatic N) is 1. The first kappa shape index (κ1) is 22.9. The molecule has 0 unspecified atom stereocenters. The number of hydrogen-bond donors (Lipinski definition) is 0. The molecule has 6 heteroatoms. The molecule has 0 aliphatic carbocycles. The second kappa shape index (κ2) is 10.4. The third kappa shape index (κ3) is 7.21. The van der Waals surface area contributed by atoms with E-state index in [0.717, 1.165) is 31.5 Å². The number of sulfone groups is 1. The summed E-state index contributed by atoms with van der Waals surface area (Å²) in [5.74, 6) is 0.437. The Bertz CT molecular complexity index is 717. The summed E-state index contributed by atoms with van der Waals surface area (Å²) in [4.78, 5) is 14.5. The van der Waals surface area contributed by atoms with Gasteiger partial charge in [-0.05, 0) is 58.2 Å². The third-order valence-corrected chi connectivity index (χ3v) is 7.52. The number of anilines is 1. The lowest BCUT2D eigenvalue weighted by Crippen LogP contribution is -2.45. The van der Waals surface area contributed by atoms with Gasteiger partial charge in [-0.3, -0.25) is 4.79 Å². The highest BCUT2D eigenvalue weighted by Gasteiger charge is 2.22. The standard InChI is InChI=1S/C22H35NO4S/c1-17(2)28(25,26)13-7-5-6-8-22(24)14-20-9-11-21(12-10-20)23-15-18(3)27-19(4)16-23/h9-12,17-19H,5-8,13-16H2,1-4H3/t18-,19-/m1/s1. The van der Waals surface area contributed by atoms with E-state index in [4.69, 9.17) is 4.74 Å². The van der Waals surface area contributed by atoms with Crippen LogP contribution in [0.2, 0.25) is 0 Å². The Morgan fingerprint density at radius 2 is 1.68 bits per heavy atom. The Hall–Kier alpha value is -1.40. The van der Waals surface area contributed by atoms with Gasteiger partial charge >= 0.3 is 0 Å². The van der Waals surface area contributed by atoms with Crippen molar-refractivity contribution < 1.29 is 17.9 Å². The monoisotopic (exact) mass is 409 g/mol. The SMILES string of the molecule is CC(C)S(=O)(=O)CCCCCC(=O)Cc1ccc(N2C[C@@H](C)O[C@H](C)C2)cc1. The maximum Gasteiger partial charge on any atom is 0.152 e. The number of ether oxygens (including phenoxy) is 1. The van der Waals surface area contributed by atoms with Crippen molar-refractivity contribution in [3.63, 3.8) is 0 Å². The molecule has 0 radical (unpaired) electrons. The highest BCUT2D eigenvalue weighted by molar-refractivity contribution is 7.91. The minimum atomic E-state index is -2.96. The molecule has 1 fully saturated rings. The summed E-state index contributed by atoms with van der Waals surface area (Å²) in [6.07, 6.45) is 3.58.